The van der Waals surface area contributed by atoms with Gasteiger partial charge in [-0.2, -0.15) is 0 Å². The molecule has 1 saturated heterocycles. The van der Waals surface area contributed by atoms with E-state index in [1.165, 1.54) is 0 Å². The summed E-state index contributed by atoms with van der Waals surface area (Å²) in [5, 5.41) is 0. The number of piperazine rings is 1. The van der Waals surface area contributed by atoms with Gasteiger partial charge in [-0.3, -0.25) is 9.59 Å². The standard InChI is InChI=1S/C21H22N2O5/c1-26-17-5-2-15(3-6-17)12-20(24)22-8-10-23(11-9-22)21(25)16-4-7-18-19(13-16)28-14-27-18/h2-7,13H,8-12,14H2,1H3. The second-order valence-electron chi connectivity index (χ2n) is 6.77. The minimum atomic E-state index is -0.0550. The monoisotopic (exact) mass is 382 g/mol. The number of benzene rings is 2. The molecule has 0 spiro atoms. The van der Waals surface area contributed by atoms with E-state index in [4.69, 9.17) is 14.2 Å². The average Bonchev–Trinajstić information content (AvgIpc) is 3.22. The first-order chi connectivity index (χ1) is 13.6. The van der Waals surface area contributed by atoms with Gasteiger partial charge in [0.2, 0.25) is 12.7 Å². The van der Waals surface area contributed by atoms with Crippen LogP contribution in [0.5, 0.6) is 17.2 Å². The first-order valence-electron chi connectivity index (χ1n) is 9.23. The van der Waals surface area contributed by atoms with Crippen molar-refractivity contribution < 1.29 is 23.8 Å². The predicted octanol–water partition coefficient (Wildman–Crippen LogP) is 1.95. The van der Waals surface area contributed by atoms with Gasteiger partial charge in [0.25, 0.3) is 5.91 Å². The van der Waals surface area contributed by atoms with Gasteiger partial charge < -0.3 is 24.0 Å². The van der Waals surface area contributed by atoms with Crippen LogP contribution < -0.4 is 14.2 Å². The molecule has 0 saturated carbocycles. The zero-order chi connectivity index (χ0) is 19.5. The molecule has 2 aliphatic rings. The molecule has 0 unspecified atom stereocenters. The SMILES string of the molecule is COc1ccc(CC(=O)N2CCN(C(=O)c3ccc4c(c3)OCO4)CC2)cc1. The number of hydrogen-bond donors (Lipinski definition) is 0. The lowest BCUT2D eigenvalue weighted by Gasteiger charge is -2.35. The van der Waals surface area contributed by atoms with E-state index in [1.54, 1.807) is 30.2 Å². The highest BCUT2D eigenvalue weighted by Gasteiger charge is 2.26. The van der Waals surface area contributed by atoms with Crippen LogP contribution in [0.4, 0.5) is 0 Å². The Morgan fingerprint density at radius 3 is 2.32 bits per heavy atom. The van der Waals surface area contributed by atoms with Crippen molar-refractivity contribution in [3.8, 4) is 17.2 Å². The number of fused-ring (bicyclic) bond motifs is 1. The Kier molecular flexibility index (Phi) is 5.06. The molecule has 2 aliphatic heterocycles. The summed E-state index contributed by atoms with van der Waals surface area (Å²) >= 11 is 0. The summed E-state index contributed by atoms with van der Waals surface area (Å²) in [6, 6.07) is 12.7. The largest absolute Gasteiger partial charge is 0.497 e. The van der Waals surface area contributed by atoms with Gasteiger partial charge in [-0.1, -0.05) is 12.1 Å². The molecule has 2 aromatic carbocycles. The van der Waals surface area contributed by atoms with Crippen molar-refractivity contribution in [3.63, 3.8) is 0 Å². The third-order valence-electron chi connectivity index (χ3n) is 5.05. The highest BCUT2D eigenvalue weighted by atomic mass is 16.7. The quantitative estimate of drug-likeness (QED) is 0.809. The van der Waals surface area contributed by atoms with Crippen molar-refractivity contribution >= 4 is 11.8 Å². The fraction of sp³-hybridized carbons (Fsp3) is 0.333. The van der Waals surface area contributed by atoms with Crippen LogP contribution in [0.25, 0.3) is 0 Å². The summed E-state index contributed by atoms with van der Waals surface area (Å²) < 4.78 is 15.8. The molecule has 146 valence electrons. The van der Waals surface area contributed by atoms with E-state index in [2.05, 4.69) is 0 Å². The van der Waals surface area contributed by atoms with Gasteiger partial charge in [-0.25, -0.2) is 0 Å². The number of hydrogen-bond acceptors (Lipinski definition) is 5. The van der Waals surface area contributed by atoms with E-state index in [-0.39, 0.29) is 18.6 Å². The zero-order valence-corrected chi connectivity index (χ0v) is 15.7. The molecule has 7 nitrogen and oxygen atoms in total. The Morgan fingerprint density at radius 1 is 0.929 bits per heavy atom. The number of carbonyl (C=O) groups is 2. The predicted molar refractivity (Wildman–Crippen MR) is 102 cm³/mol. The van der Waals surface area contributed by atoms with Gasteiger partial charge in [0.1, 0.15) is 5.75 Å². The van der Waals surface area contributed by atoms with Crippen LogP contribution in [0.3, 0.4) is 0 Å². The molecule has 0 aromatic heterocycles. The lowest BCUT2D eigenvalue weighted by molar-refractivity contribution is -0.131. The van der Waals surface area contributed by atoms with Crippen LogP contribution in [0, 0.1) is 0 Å². The molecular weight excluding hydrogens is 360 g/mol. The van der Waals surface area contributed by atoms with Gasteiger partial charge in [0.15, 0.2) is 11.5 Å². The molecule has 1 fully saturated rings. The highest BCUT2D eigenvalue weighted by Crippen LogP contribution is 2.32. The number of carbonyl (C=O) groups excluding carboxylic acids is 2. The zero-order valence-electron chi connectivity index (χ0n) is 15.7. The van der Waals surface area contributed by atoms with Crippen molar-refractivity contribution in [2.75, 3.05) is 40.1 Å². The lowest BCUT2D eigenvalue weighted by atomic mass is 10.1. The molecule has 0 aliphatic carbocycles. The first-order valence-corrected chi connectivity index (χ1v) is 9.23. The van der Waals surface area contributed by atoms with Gasteiger partial charge in [0, 0.05) is 31.7 Å². The third-order valence-corrected chi connectivity index (χ3v) is 5.05. The van der Waals surface area contributed by atoms with E-state index in [0.717, 1.165) is 11.3 Å². The summed E-state index contributed by atoms with van der Waals surface area (Å²) in [7, 11) is 1.62. The molecule has 0 bridgehead atoms. The second kappa shape index (κ2) is 7.80. The normalized spacial score (nSPS) is 15.5. The van der Waals surface area contributed by atoms with Crippen molar-refractivity contribution in [1.82, 2.24) is 9.80 Å². The molecular formula is C21H22N2O5. The number of amides is 2. The van der Waals surface area contributed by atoms with Gasteiger partial charge in [-0.15, -0.1) is 0 Å². The van der Waals surface area contributed by atoms with Crippen LogP contribution >= 0.6 is 0 Å². The van der Waals surface area contributed by atoms with Crippen molar-refractivity contribution in [1.29, 1.82) is 0 Å². The fourth-order valence-corrected chi connectivity index (χ4v) is 3.40. The minimum absolute atomic E-state index is 0.0550. The van der Waals surface area contributed by atoms with E-state index in [0.29, 0.717) is 49.7 Å². The Labute approximate surface area is 163 Å². The van der Waals surface area contributed by atoms with Crippen molar-refractivity contribution in [3.05, 3.63) is 53.6 Å². The summed E-state index contributed by atoms with van der Waals surface area (Å²) in [5.74, 6) is 2.04. The van der Waals surface area contributed by atoms with Gasteiger partial charge in [-0.05, 0) is 35.9 Å². The number of methoxy groups -OCH3 is 1. The molecule has 0 N–H and O–H groups in total. The number of nitrogens with zero attached hydrogens (tertiary/aromatic N) is 2. The van der Waals surface area contributed by atoms with Crippen LogP contribution in [0.15, 0.2) is 42.5 Å². The maximum absolute atomic E-state index is 12.7. The molecule has 2 aromatic rings. The number of ether oxygens (including phenoxy) is 3. The summed E-state index contributed by atoms with van der Waals surface area (Å²) in [6.07, 6.45) is 0.347. The van der Waals surface area contributed by atoms with Gasteiger partial charge >= 0.3 is 0 Å². The first kappa shape index (κ1) is 18.2. The average molecular weight is 382 g/mol. The smallest absolute Gasteiger partial charge is 0.254 e. The van der Waals surface area contributed by atoms with Crippen LogP contribution in [-0.4, -0.2) is 61.7 Å². The van der Waals surface area contributed by atoms with Crippen molar-refractivity contribution in [2.45, 2.75) is 6.42 Å². The number of rotatable bonds is 4. The van der Waals surface area contributed by atoms with E-state index in [9.17, 15) is 9.59 Å². The summed E-state index contributed by atoms with van der Waals surface area (Å²) in [5.41, 5.74) is 1.52. The molecule has 4 rings (SSSR count). The van der Waals surface area contributed by atoms with E-state index < -0.39 is 0 Å². The second-order valence-corrected chi connectivity index (χ2v) is 6.77. The summed E-state index contributed by atoms with van der Waals surface area (Å²) in [4.78, 5) is 28.9. The third kappa shape index (κ3) is 3.74. The lowest BCUT2D eigenvalue weighted by Crippen LogP contribution is -2.51. The fourth-order valence-electron chi connectivity index (χ4n) is 3.40. The Hall–Kier alpha value is -3.22. The Morgan fingerprint density at radius 2 is 1.61 bits per heavy atom. The summed E-state index contributed by atoms with van der Waals surface area (Å²) in [6.45, 7) is 2.28. The maximum Gasteiger partial charge on any atom is 0.254 e. The molecule has 28 heavy (non-hydrogen) atoms. The molecule has 0 atom stereocenters. The van der Waals surface area contributed by atoms with E-state index in [1.807, 2.05) is 29.2 Å². The molecule has 2 amide bonds. The van der Waals surface area contributed by atoms with E-state index >= 15 is 0 Å². The van der Waals surface area contributed by atoms with Crippen LogP contribution in [0.2, 0.25) is 0 Å². The Bertz CT molecular complexity index is 873. The van der Waals surface area contributed by atoms with Crippen LogP contribution in [-0.2, 0) is 11.2 Å². The van der Waals surface area contributed by atoms with Gasteiger partial charge in [0.05, 0.1) is 13.5 Å². The molecule has 7 heteroatoms. The molecule has 2 heterocycles. The molecule has 0 radical (unpaired) electrons. The van der Waals surface area contributed by atoms with Crippen molar-refractivity contribution in [2.24, 2.45) is 0 Å². The minimum Gasteiger partial charge on any atom is -0.497 e. The van der Waals surface area contributed by atoms with Crippen LogP contribution in [0.1, 0.15) is 15.9 Å². The highest BCUT2D eigenvalue weighted by molar-refractivity contribution is 5.95. The topological polar surface area (TPSA) is 68.3 Å². The Balaban J connectivity index is 1.32. The maximum atomic E-state index is 12.7.